The highest BCUT2D eigenvalue weighted by Crippen LogP contribution is 2.20. The maximum absolute atomic E-state index is 12.6. The van der Waals surface area contributed by atoms with Crippen LogP contribution in [0.4, 0.5) is 5.69 Å². The predicted molar refractivity (Wildman–Crippen MR) is 78.9 cm³/mol. The first kappa shape index (κ1) is 14.4. The predicted octanol–water partition coefficient (Wildman–Crippen LogP) is 1.06. The largest absolute Gasteiger partial charge is 0.377 e. The van der Waals surface area contributed by atoms with Crippen molar-refractivity contribution in [3.05, 3.63) is 29.8 Å². The number of hydrogen-bond donors (Lipinski definition) is 0. The van der Waals surface area contributed by atoms with Crippen molar-refractivity contribution < 1.29 is 9.59 Å². The van der Waals surface area contributed by atoms with Gasteiger partial charge in [-0.05, 0) is 12.1 Å². The number of rotatable bonds is 2. The number of carbonyl (C=O) groups excluding carboxylic acids is 2. The molecule has 20 heavy (non-hydrogen) atoms. The zero-order chi connectivity index (χ0) is 14.7. The van der Waals surface area contributed by atoms with Crippen molar-refractivity contribution in [2.75, 3.05) is 45.2 Å². The van der Waals surface area contributed by atoms with Crippen LogP contribution in [0.5, 0.6) is 0 Å². The molecule has 0 aromatic heterocycles. The molecule has 0 spiro atoms. The first-order chi connectivity index (χ1) is 9.50. The SMILES string of the molecule is CC(=O)N1CCN(C(=O)c2ccccc2N(C)C)CC1. The van der Waals surface area contributed by atoms with Crippen LogP contribution in [-0.2, 0) is 4.79 Å². The van der Waals surface area contributed by atoms with E-state index in [1.165, 1.54) is 0 Å². The van der Waals surface area contributed by atoms with Crippen LogP contribution in [0.3, 0.4) is 0 Å². The molecule has 1 fully saturated rings. The van der Waals surface area contributed by atoms with Crippen LogP contribution in [-0.4, -0.2) is 61.9 Å². The van der Waals surface area contributed by atoms with Crippen molar-refractivity contribution >= 4 is 17.5 Å². The van der Waals surface area contributed by atoms with Gasteiger partial charge >= 0.3 is 0 Å². The van der Waals surface area contributed by atoms with Crippen molar-refractivity contribution in [2.24, 2.45) is 0 Å². The maximum atomic E-state index is 12.6. The van der Waals surface area contributed by atoms with Gasteiger partial charge in [0, 0.05) is 52.9 Å². The molecule has 0 atom stereocenters. The molecule has 0 radical (unpaired) electrons. The van der Waals surface area contributed by atoms with E-state index < -0.39 is 0 Å². The number of benzene rings is 1. The Hall–Kier alpha value is -2.04. The standard InChI is InChI=1S/C15H21N3O2/c1-12(19)17-8-10-18(11-9-17)15(20)13-6-4-5-7-14(13)16(2)3/h4-7H,8-11H2,1-3H3. The summed E-state index contributed by atoms with van der Waals surface area (Å²) in [5, 5.41) is 0. The van der Waals surface area contributed by atoms with E-state index in [1.54, 1.807) is 11.8 Å². The zero-order valence-corrected chi connectivity index (χ0v) is 12.3. The third-order valence-electron chi connectivity index (χ3n) is 3.63. The van der Waals surface area contributed by atoms with E-state index in [4.69, 9.17) is 0 Å². The first-order valence-electron chi connectivity index (χ1n) is 6.82. The Kier molecular flexibility index (Phi) is 4.27. The molecule has 5 nitrogen and oxygen atoms in total. The van der Waals surface area contributed by atoms with Crippen molar-refractivity contribution in [1.29, 1.82) is 0 Å². The quantitative estimate of drug-likeness (QED) is 0.810. The maximum Gasteiger partial charge on any atom is 0.256 e. The molecular formula is C15H21N3O2. The highest BCUT2D eigenvalue weighted by atomic mass is 16.2. The fraction of sp³-hybridized carbons (Fsp3) is 0.467. The Bertz CT molecular complexity index is 506. The molecule has 0 N–H and O–H groups in total. The van der Waals surface area contributed by atoms with Crippen molar-refractivity contribution in [3.63, 3.8) is 0 Å². The third kappa shape index (κ3) is 2.92. The molecule has 108 valence electrons. The summed E-state index contributed by atoms with van der Waals surface area (Å²) < 4.78 is 0. The minimum atomic E-state index is 0.0394. The summed E-state index contributed by atoms with van der Waals surface area (Å²) in [5.41, 5.74) is 1.64. The van der Waals surface area contributed by atoms with Crippen LogP contribution in [0.15, 0.2) is 24.3 Å². The number of anilines is 1. The van der Waals surface area contributed by atoms with Crippen LogP contribution in [0.1, 0.15) is 17.3 Å². The van der Waals surface area contributed by atoms with E-state index in [0.717, 1.165) is 5.69 Å². The molecule has 1 aliphatic rings. The first-order valence-corrected chi connectivity index (χ1v) is 6.82. The van der Waals surface area contributed by atoms with Gasteiger partial charge in [0.05, 0.1) is 5.56 Å². The van der Waals surface area contributed by atoms with Gasteiger partial charge in [-0.15, -0.1) is 0 Å². The smallest absolute Gasteiger partial charge is 0.256 e. The molecule has 0 bridgehead atoms. The summed E-state index contributed by atoms with van der Waals surface area (Å²) >= 11 is 0. The lowest BCUT2D eigenvalue weighted by molar-refractivity contribution is -0.130. The molecule has 0 aliphatic carbocycles. The minimum absolute atomic E-state index is 0.0394. The molecular weight excluding hydrogens is 254 g/mol. The van der Waals surface area contributed by atoms with Gasteiger partial charge in [0.15, 0.2) is 0 Å². The molecule has 5 heteroatoms. The van der Waals surface area contributed by atoms with Gasteiger partial charge in [0.25, 0.3) is 5.91 Å². The van der Waals surface area contributed by atoms with E-state index >= 15 is 0 Å². The summed E-state index contributed by atoms with van der Waals surface area (Å²) in [6, 6.07) is 7.61. The molecule has 2 amide bonds. The topological polar surface area (TPSA) is 43.9 Å². The van der Waals surface area contributed by atoms with Gasteiger partial charge < -0.3 is 14.7 Å². The highest BCUT2D eigenvalue weighted by Gasteiger charge is 2.24. The second-order valence-corrected chi connectivity index (χ2v) is 5.21. The molecule has 1 aliphatic heterocycles. The number of amides is 2. The average molecular weight is 275 g/mol. The third-order valence-corrected chi connectivity index (χ3v) is 3.63. The van der Waals surface area contributed by atoms with Crippen LogP contribution in [0.2, 0.25) is 0 Å². The summed E-state index contributed by atoms with van der Waals surface area (Å²) in [6.07, 6.45) is 0. The number of nitrogens with zero attached hydrogens (tertiary/aromatic N) is 3. The number of hydrogen-bond acceptors (Lipinski definition) is 3. The van der Waals surface area contributed by atoms with Gasteiger partial charge in [-0.1, -0.05) is 12.1 Å². The van der Waals surface area contributed by atoms with Gasteiger partial charge in [0.2, 0.25) is 5.91 Å². The highest BCUT2D eigenvalue weighted by molar-refractivity contribution is 5.99. The fourth-order valence-corrected chi connectivity index (χ4v) is 2.44. The van der Waals surface area contributed by atoms with E-state index in [2.05, 4.69) is 0 Å². The summed E-state index contributed by atoms with van der Waals surface area (Å²) in [7, 11) is 3.86. The van der Waals surface area contributed by atoms with Crippen molar-refractivity contribution in [1.82, 2.24) is 9.80 Å². The van der Waals surface area contributed by atoms with Crippen LogP contribution in [0.25, 0.3) is 0 Å². The number of carbonyl (C=O) groups is 2. The normalized spacial score (nSPS) is 15.2. The van der Waals surface area contributed by atoms with E-state index in [9.17, 15) is 9.59 Å². The monoisotopic (exact) mass is 275 g/mol. The summed E-state index contributed by atoms with van der Waals surface area (Å²) in [4.78, 5) is 29.4. The van der Waals surface area contributed by atoms with Crippen LogP contribution >= 0.6 is 0 Å². The van der Waals surface area contributed by atoms with Crippen molar-refractivity contribution in [2.45, 2.75) is 6.92 Å². The zero-order valence-electron chi connectivity index (χ0n) is 12.3. The molecule has 1 heterocycles. The summed E-state index contributed by atoms with van der Waals surface area (Å²) in [6.45, 7) is 4.00. The Morgan fingerprint density at radius 1 is 1.00 bits per heavy atom. The van der Waals surface area contributed by atoms with Crippen LogP contribution in [0, 0.1) is 0 Å². The van der Waals surface area contributed by atoms with Crippen LogP contribution < -0.4 is 4.90 Å². The molecule has 0 unspecified atom stereocenters. The Balaban J connectivity index is 2.11. The Morgan fingerprint density at radius 2 is 1.55 bits per heavy atom. The van der Waals surface area contributed by atoms with Crippen molar-refractivity contribution in [3.8, 4) is 0 Å². The van der Waals surface area contributed by atoms with E-state index in [0.29, 0.717) is 31.7 Å². The fourth-order valence-electron chi connectivity index (χ4n) is 2.44. The lowest BCUT2D eigenvalue weighted by Crippen LogP contribution is -2.50. The lowest BCUT2D eigenvalue weighted by Gasteiger charge is -2.34. The van der Waals surface area contributed by atoms with E-state index in [-0.39, 0.29) is 11.8 Å². The lowest BCUT2D eigenvalue weighted by atomic mass is 10.1. The van der Waals surface area contributed by atoms with Gasteiger partial charge in [-0.3, -0.25) is 9.59 Å². The second kappa shape index (κ2) is 5.94. The second-order valence-electron chi connectivity index (χ2n) is 5.21. The number of para-hydroxylation sites is 1. The van der Waals surface area contributed by atoms with Gasteiger partial charge in [0.1, 0.15) is 0 Å². The van der Waals surface area contributed by atoms with Gasteiger partial charge in [-0.2, -0.15) is 0 Å². The molecule has 0 saturated carbocycles. The average Bonchev–Trinajstić information content (AvgIpc) is 2.46. The number of piperazine rings is 1. The molecule has 1 aromatic carbocycles. The Labute approximate surface area is 119 Å². The molecule has 2 rings (SSSR count). The van der Waals surface area contributed by atoms with Gasteiger partial charge in [-0.25, -0.2) is 0 Å². The van der Waals surface area contributed by atoms with E-state index in [1.807, 2.05) is 48.2 Å². The minimum Gasteiger partial charge on any atom is -0.377 e. The summed E-state index contributed by atoms with van der Waals surface area (Å²) in [5.74, 6) is 0.114. The molecule has 1 saturated heterocycles. The Morgan fingerprint density at radius 3 is 2.10 bits per heavy atom. The molecule has 1 aromatic rings.